The van der Waals surface area contributed by atoms with Gasteiger partial charge in [0.2, 0.25) is 0 Å². The number of carbonyl (C=O) groups excluding carboxylic acids is 2. The van der Waals surface area contributed by atoms with Gasteiger partial charge in [-0.25, -0.2) is 0 Å². The molecule has 5 heteroatoms. The summed E-state index contributed by atoms with van der Waals surface area (Å²) >= 11 is 0. The first-order chi connectivity index (χ1) is 6.20. The largest absolute Gasteiger partial charge is 0.411 e. The first-order valence-electron chi connectivity index (χ1n) is 4.94. The van der Waals surface area contributed by atoms with Crippen LogP contribution in [0.2, 0.25) is 12.6 Å². The number of ether oxygens (including phenoxy) is 1. The molecule has 0 aliphatic heterocycles. The zero-order valence-corrected chi connectivity index (χ0v) is 8.47. The fourth-order valence-corrected chi connectivity index (χ4v) is 0.871. The highest BCUT2D eigenvalue weighted by atomic mass is 16.6. The molecule has 0 heterocycles. The minimum absolute atomic E-state index is 0.356. The van der Waals surface area contributed by atoms with Crippen molar-refractivity contribution in [3.8, 4) is 0 Å². The molecule has 0 aliphatic rings. The molecule has 0 amide bonds. The summed E-state index contributed by atoms with van der Waals surface area (Å²) < 4.78 is 4.58. The Morgan fingerprint density at radius 3 is 1.69 bits per heavy atom. The summed E-state index contributed by atoms with van der Waals surface area (Å²) in [7, 11) is 0.711. The van der Waals surface area contributed by atoms with Crippen LogP contribution in [0.5, 0.6) is 0 Å². The summed E-state index contributed by atoms with van der Waals surface area (Å²) in [6, 6.07) is 0. The van der Waals surface area contributed by atoms with E-state index in [-0.39, 0.29) is 11.7 Å². The van der Waals surface area contributed by atoms with Gasteiger partial charge in [-0.2, -0.15) is 0 Å². The molecule has 0 unspecified atom stereocenters. The minimum atomic E-state index is -0.386. The Morgan fingerprint density at radius 2 is 1.38 bits per heavy atom. The highest BCUT2D eigenvalue weighted by Crippen LogP contribution is 1.93. The van der Waals surface area contributed by atoms with Gasteiger partial charge in [-0.1, -0.05) is 39.3 Å². The lowest BCUT2D eigenvalue weighted by molar-refractivity contribution is 0.183. The van der Waals surface area contributed by atoms with Crippen molar-refractivity contribution in [3.05, 3.63) is 0 Å². The van der Waals surface area contributed by atoms with Crippen LogP contribution in [0, 0.1) is 0 Å². The molecule has 0 atom stereocenters. The second kappa shape index (κ2) is 7.90. The molecule has 0 aromatic heterocycles. The van der Waals surface area contributed by atoms with Crippen LogP contribution in [0.25, 0.3) is 0 Å². The summed E-state index contributed by atoms with van der Waals surface area (Å²) in [5.74, 6) is -0.772. The number of carbonyl (C=O) groups is 2. The van der Waals surface area contributed by atoms with Gasteiger partial charge in [0.25, 0.3) is 26.3 Å². The van der Waals surface area contributed by atoms with Gasteiger partial charge in [0.1, 0.15) is 0 Å². The van der Waals surface area contributed by atoms with Crippen LogP contribution in [-0.2, 0) is 4.74 Å². The van der Waals surface area contributed by atoms with E-state index in [9.17, 15) is 9.59 Å². The average molecular weight is 182 g/mol. The molecule has 0 aromatic rings. The fraction of sp³-hybridized carbons (Fsp3) is 0.750. The lowest BCUT2D eigenvalue weighted by atomic mass is 9.72. The number of rotatable bonds is 6. The van der Waals surface area contributed by atoms with E-state index in [0.717, 1.165) is 25.5 Å². The first kappa shape index (κ1) is 12.3. The van der Waals surface area contributed by atoms with Crippen LogP contribution in [0.3, 0.4) is 0 Å². The van der Waals surface area contributed by atoms with E-state index in [2.05, 4.69) is 4.74 Å². The van der Waals surface area contributed by atoms with Crippen molar-refractivity contribution >= 4 is 26.3 Å². The van der Waals surface area contributed by atoms with Crippen LogP contribution < -0.4 is 0 Å². The summed E-state index contributed by atoms with van der Waals surface area (Å²) in [5, 5.41) is 0. The minimum Gasteiger partial charge on any atom is -0.411 e. The predicted octanol–water partition coefficient (Wildman–Crippen LogP) is 1.77. The van der Waals surface area contributed by atoms with Crippen molar-refractivity contribution in [2.45, 2.75) is 39.3 Å². The third-order valence-corrected chi connectivity index (χ3v) is 1.70. The molecule has 0 radical (unpaired) electrons. The Bertz CT molecular complexity index is 153. The van der Waals surface area contributed by atoms with E-state index in [1.807, 2.05) is 13.8 Å². The van der Waals surface area contributed by atoms with Crippen LogP contribution in [0.15, 0.2) is 0 Å². The van der Waals surface area contributed by atoms with Gasteiger partial charge in [-0.05, 0) is 0 Å². The lowest BCUT2D eigenvalue weighted by Gasteiger charge is -1.99. The summed E-state index contributed by atoms with van der Waals surface area (Å²) in [4.78, 5) is 21.9. The van der Waals surface area contributed by atoms with E-state index in [0.29, 0.717) is 14.6 Å². The SMILES string of the molecule is CCCBC(=O)OC(=O)BCCC. The molecule has 0 saturated carbocycles. The van der Waals surface area contributed by atoms with Gasteiger partial charge >= 0.3 is 0 Å². The van der Waals surface area contributed by atoms with Gasteiger partial charge in [-0.15, -0.1) is 0 Å². The van der Waals surface area contributed by atoms with Crippen molar-refractivity contribution in [2.24, 2.45) is 0 Å². The Labute approximate surface area is 80.7 Å². The molecule has 0 rings (SSSR count). The van der Waals surface area contributed by atoms with Crippen molar-refractivity contribution in [1.29, 1.82) is 0 Å². The molecule has 13 heavy (non-hydrogen) atoms. The number of hydrogen-bond acceptors (Lipinski definition) is 3. The average Bonchev–Trinajstić information content (AvgIpc) is 2.11. The van der Waals surface area contributed by atoms with E-state index < -0.39 is 0 Å². The van der Waals surface area contributed by atoms with E-state index in [1.54, 1.807) is 0 Å². The molecule has 0 aliphatic carbocycles. The van der Waals surface area contributed by atoms with Gasteiger partial charge in [0.15, 0.2) is 0 Å². The van der Waals surface area contributed by atoms with Crippen molar-refractivity contribution in [2.75, 3.05) is 0 Å². The lowest BCUT2D eigenvalue weighted by Crippen LogP contribution is -2.19. The maximum atomic E-state index is 10.9. The summed E-state index contributed by atoms with van der Waals surface area (Å²) in [5.41, 5.74) is 0. The van der Waals surface area contributed by atoms with E-state index >= 15 is 0 Å². The molecule has 0 aromatic carbocycles. The quantitative estimate of drug-likeness (QED) is 0.464. The second-order valence-corrected chi connectivity index (χ2v) is 3.05. The third-order valence-electron chi connectivity index (χ3n) is 1.70. The third kappa shape index (κ3) is 7.62. The molecular formula is C8H16B2O3. The molecule has 0 bridgehead atoms. The van der Waals surface area contributed by atoms with Gasteiger partial charge in [0, 0.05) is 0 Å². The van der Waals surface area contributed by atoms with Crippen molar-refractivity contribution < 1.29 is 14.3 Å². The number of hydrogen-bond donors (Lipinski definition) is 0. The topological polar surface area (TPSA) is 43.4 Å². The highest BCUT2D eigenvalue weighted by Gasteiger charge is 2.10. The molecule has 72 valence electrons. The van der Waals surface area contributed by atoms with Gasteiger partial charge in [-0.3, -0.25) is 9.59 Å². The molecule has 0 fully saturated rings. The zero-order chi connectivity index (χ0) is 10.1. The summed E-state index contributed by atoms with van der Waals surface area (Å²) in [6.45, 7) is 3.98. The molecule has 3 nitrogen and oxygen atoms in total. The van der Waals surface area contributed by atoms with Crippen molar-refractivity contribution in [3.63, 3.8) is 0 Å². The molecule has 0 N–H and O–H groups in total. The molecule has 0 spiro atoms. The van der Waals surface area contributed by atoms with E-state index in [4.69, 9.17) is 0 Å². The normalized spacial score (nSPS) is 9.08. The highest BCUT2D eigenvalue weighted by molar-refractivity contribution is 6.77. The maximum absolute atomic E-state index is 10.9. The van der Waals surface area contributed by atoms with E-state index in [1.165, 1.54) is 0 Å². The first-order valence-corrected chi connectivity index (χ1v) is 4.94. The second-order valence-electron chi connectivity index (χ2n) is 3.05. The molecular weight excluding hydrogens is 166 g/mol. The monoisotopic (exact) mass is 182 g/mol. The maximum Gasteiger partial charge on any atom is 0.261 e. The Hall–Kier alpha value is -0.730. The smallest absolute Gasteiger partial charge is 0.261 e. The summed E-state index contributed by atoms with van der Waals surface area (Å²) in [6.07, 6.45) is 3.47. The van der Waals surface area contributed by atoms with Crippen molar-refractivity contribution in [1.82, 2.24) is 0 Å². The molecule has 0 saturated heterocycles. The zero-order valence-electron chi connectivity index (χ0n) is 8.47. The Morgan fingerprint density at radius 1 is 1.00 bits per heavy atom. The van der Waals surface area contributed by atoms with Gasteiger partial charge in [0.05, 0.1) is 0 Å². The standard InChI is InChI=1S/C8H16B2O3/c1-3-5-9-7(11)13-8(12)10-6-4-2/h9-10H,3-6H2,1-2H3. The van der Waals surface area contributed by atoms with Gasteiger partial charge < -0.3 is 4.74 Å². The fourth-order valence-electron chi connectivity index (χ4n) is 0.871. The van der Waals surface area contributed by atoms with Crippen LogP contribution in [0.4, 0.5) is 9.59 Å². The van der Waals surface area contributed by atoms with Crippen LogP contribution in [-0.4, -0.2) is 26.3 Å². The Kier molecular flexibility index (Phi) is 7.45. The Balaban J connectivity index is 3.47. The predicted molar refractivity (Wildman–Crippen MR) is 56.4 cm³/mol. The van der Waals surface area contributed by atoms with Crippen LogP contribution in [0.1, 0.15) is 26.7 Å². The van der Waals surface area contributed by atoms with Crippen LogP contribution >= 0.6 is 0 Å².